The maximum absolute atomic E-state index is 11.6. The molecule has 0 spiro atoms. The van der Waals surface area contributed by atoms with Crippen molar-refractivity contribution in [1.29, 1.82) is 0 Å². The second-order valence-corrected chi connectivity index (χ2v) is 7.20. The van der Waals surface area contributed by atoms with Crippen molar-refractivity contribution in [2.24, 2.45) is 5.92 Å². The summed E-state index contributed by atoms with van der Waals surface area (Å²) >= 11 is 0. The highest BCUT2D eigenvalue weighted by Crippen LogP contribution is 2.31. The number of rotatable bonds is 2. The standard InChI is InChI=1S/C14H26N2O4/c1-8-9(15-11(17)19-13(2,3)4)10(8)16-12(18)20-14(5,6)7/h8-10H,1-7H3,(H,15,17)(H,16,18)/t8-,9+,10-. The Balaban J connectivity index is 2.38. The van der Waals surface area contributed by atoms with Crippen molar-refractivity contribution in [3.8, 4) is 0 Å². The van der Waals surface area contributed by atoms with E-state index in [-0.39, 0.29) is 18.0 Å². The van der Waals surface area contributed by atoms with E-state index in [0.717, 1.165) is 0 Å². The lowest BCUT2D eigenvalue weighted by molar-refractivity contribution is 0.0488. The lowest BCUT2D eigenvalue weighted by atomic mass is 10.2. The van der Waals surface area contributed by atoms with Crippen LogP contribution < -0.4 is 10.6 Å². The molecule has 1 rings (SSSR count). The Morgan fingerprint density at radius 1 is 0.800 bits per heavy atom. The number of hydrogen-bond acceptors (Lipinski definition) is 4. The molecule has 2 amide bonds. The fourth-order valence-corrected chi connectivity index (χ4v) is 1.79. The van der Waals surface area contributed by atoms with Crippen molar-refractivity contribution in [2.75, 3.05) is 0 Å². The fraction of sp³-hybridized carbons (Fsp3) is 0.857. The molecule has 0 saturated heterocycles. The molecular formula is C14H26N2O4. The summed E-state index contributed by atoms with van der Waals surface area (Å²) in [6, 6.07) is -0.227. The van der Waals surface area contributed by atoms with Gasteiger partial charge in [-0.25, -0.2) is 9.59 Å². The summed E-state index contributed by atoms with van der Waals surface area (Å²) in [6.45, 7) is 12.8. The zero-order chi connectivity index (χ0) is 15.7. The number of hydrogen-bond donors (Lipinski definition) is 2. The summed E-state index contributed by atoms with van der Waals surface area (Å²) in [7, 11) is 0. The van der Waals surface area contributed by atoms with Crippen LogP contribution in [-0.2, 0) is 9.47 Å². The molecule has 116 valence electrons. The minimum atomic E-state index is -0.531. The van der Waals surface area contributed by atoms with Crippen LogP contribution in [0.5, 0.6) is 0 Å². The number of carbonyl (C=O) groups is 2. The van der Waals surface area contributed by atoms with Crippen molar-refractivity contribution < 1.29 is 19.1 Å². The van der Waals surface area contributed by atoms with E-state index in [1.54, 1.807) is 41.5 Å². The molecule has 0 bridgehead atoms. The third-order valence-corrected chi connectivity index (χ3v) is 2.75. The molecule has 3 atom stereocenters. The van der Waals surface area contributed by atoms with Crippen LogP contribution >= 0.6 is 0 Å². The smallest absolute Gasteiger partial charge is 0.407 e. The van der Waals surface area contributed by atoms with E-state index in [2.05, 4.69) is 10.6 Å². The van der Waals surface area contributed by atoms with Crippen LogP contribution in [0.1, 0.15) is 48.5 Å². The maximum atomic E-state index is 11.6. The molecule has 0 aliphatic heterocycles. The molecular weight excluding hydrogens is 260 g/mol. The predicted octanol–water partition coefficient (Wildman–Crippen LogP) is 2.42. The lowest BCUT2D eigenvalue weighted by Gasteiger charge is -2.20. The Kier molecular flexibility index (Phi) is 4.56. The van der Waals surface area contributed by atoms with Crippen LogP contribution in [0.4, 0.5) is 9.59 Å². The van der Waals surface area contributed by atoms with Gasteiger partial charge in [-0.05, 0) is 41.5 Å². The summed E-state index contributed by atoms with van der Waals surface area (Å²) in [6.07, 6.45) is -0.939. The highest BCUT2D eigenvalue weighted by atomic mass is 16.6. The van der Waals surface area contributed by atoms with Gasteiger partial charge in [-0.2, -0.15) is 0 Å². The van der Waals surface area contributed by atoms with Gasteiger partial charge in [-0.15, -0.1) is 0 Å². The molecule has 1 aliphatic rings. The monoisotopic (exact) mass is 286 g/mol. The van der Waals surface area contributed by atoms with Gasteiger partial charge in [0.25, 0.3) is 0 Å². The molecule has 6 nitrogen and oxygen atoms in total. The topological polar surface area (TPSA) is 76.7 Å². The van der Waals surface area contributed by atoms with Crippen LogP contribution in [0.3, 0.4) is 0 Å². The first-order valence-corrected chi connectivity index (χ1v) is 6.88. The molecule has 1 saturated carbocycles. The predicted molar refractivity (Wildman–Crippen MR) is 75.5 cm³/mol. The Morgan fingerprint density at radius 2 is 1.10 bits per heavy atom. The van der Waals surface area contributed by atoms with E-state index in [0.29, 0.717) is 0 Å². The second kappa shape index (κ2) is 5.50. The molecule has 2 N–H and O–H groups in total. The molecule has 0 radical (unpaired) electrons. The number of ether oxygens (including phenoxy) is 2. The molecule has 1 fully saturated rings. The Morgan fingerprint density at radius 3 is 1.35 bits per heavy atom. The fourth-order valence-electron chi connectivity index (χ4n) is 1.79. The largest absolute Gasteiger partial charge is 0.444 e. The van der Waals surface area contributed by atoms with E-state index in [4.69, 9.17) is 9.47 Å². The van der Waals surface area contributed by atoms with Gasteiger partial charge in [0, 0.05) is 5.92 Å². The van der Waals surface area contributed by atoms with Crippen LogP contribution in [0.2, 0.25) is 0 Å². The van der Waals surface area contributed by atoms with Gasteiger partial charge in [0.1, 0.15) is 11.2 Å². The SMILES string of the molecule is C[C@H]1[C@@H](NC(=O)OC(C)(C)C)[C@H]1NC(=O)OC(C)(C)C. The van der Waals surface area contributed by atoms with Crippen molar-refractivity contribution in [3.05, 3.63) is 0 Å². The molecule has 0 aromatic carbocycles. The highest BCUT2D eigenvalue weighted by molar-refractivity contribution is 5.71. The van der Waals surface area contributed by atoms with Crippen LogP contribution in [0.25, 0.3) is 0 Å². The minimum Gasteiger partial charge on any atom is -0.444 e. The van der Waals surface area contributed by atoms with E-state index in [1.165, 1.54) is 0 Å². The lowest BCUT2D eigenvalue weighted by Crippen LogP contribution is -2.39. The van der Waals surface area contributed by atoms with Gasteiger partial charge >= 0.3 is 12.2 Å². The summed E-state index contributed by atoms with van der Waals surface area (Å²) in [5.74, 6) is 0.162. The quantitative estimate of drug-likeness (QED) is 0.817. The number of alkyl carbamates (subject to hydrolysis) is 2. The zero-order valence-corrected chi connectivity index (χ0v) is 13.4. The summed E-state index contributed by atoms with van der Waals surface area (Å²) in [5.41, 5.74) is -1.06. The Hall–Kier alpha value is -1.46. The molecule has 0 heterocycles. The van der Waals surface area contributed by atoms with Gasteiger partial charge in [-0.3, -0.25) is 0 Å². The first kappa shape index (κ1) is 16.6. The van der Waals surface area contributed by atoms with Crippen molar-refractivity contribution >= 4 is 12.2 Å². The molecule has 6 heteroatoms. The summed E-state index contributed by atoms with van der Waals surface area (Å²) < 4.78 is 10.4. The first-order valence-electron chi connectivity index (χ1n) is 6.88. The number of nitrogens with one attached hydrogen (secondary N) is 2. The average Bonchev–Trinajstić information content (AvgIpc) is 2.70. The van der Waals surface area contributed by atoms with Crippen LogP contribution in [-0.4, -0.2) is 35.5 Å². The zero-order valence-electron chi connectivity index (χ0n) is 13.4. The van der Waals surface area contributed by atoms with Crippen molar-refractivity contribution in [3.63, 3.8) is 0 Å². The van der Waals surface area contributed by atoms with Gasteiger partial charge in [0.15, 0.2) is 0 Å². The molecule has 20 heavy (non-hydrogen) atoms. The van der Waals surface area contributed by atoms with Crippen molar-refractivity contribution in [2.45, 2.75) is 71.8 Å². The van der Waals surface area contributed by atoms with E-state index < -0.39 is 23.4 Å². The molecule has 1 aliphatic carbocycles. The van der Waals surface area contributed by atoms with Gasteiger partial charge in [0.2, 0.25) is 0 Å². The highest BCUT2D eigenvalue weighted by Gasteiger charge is 2.49. The third kappa shape index (κ3) is 5.67. The summed E-state index contributed by atoms with van der Waals surface area (Å²) in [4.78, 5) is 23.3. The molecule has 0 aromatic heterocycles. The summed E-state index contributed by atoms with van der Waals surface area (Å²) in [5, 5.41) is 5.49. The van der Waals surface area contributed by atoms with Gasteiger partial charge in [0.05, 0.1) is 12.1 Å². The van der Waals surface area contributed by atoms with E-state index in [9.17, 15) is 9.59 Å². The van der Waals surface area contributed by atoms with E-state index in [1.807, 2.05) is 6.92 Å². The molecule has 0 unspecified atom stereocenters. The normalized spacial score (nSPS) is 25.6. The minimum absolute atomic E-state index is 0.114. The third-order valence-electron chi connectivity index (χ3n) is 2.75. The number of carbonyl (C=O) groups excluding carboxylic acids is 2. The molecule has 0 aromatic rings. The Labute approximate surface area is 120 Å². The van der Waals surface area contributed by atoms with Gasteiger partial charge in [-0.1, -0.05) is 6.92 Å². The van der Waals surface area contributed by atoms with Crippen LogP contribution in [0, 0.1) is 5.92 Å². The maximum Gasteiger partial charge on any atom is 0.407 e. The second-order valence-electron chi connectivity index (χ2n) is 7.20. The van der Waals surface area contributed by atoms with Crippen molar-refractivity contribution in [1.82, 2.24) is 10.6 Å². The average molecular weight is 286 g/mol. The number of amides is 2. The van der Waals surface area contributed by atoms with Crippen LogP contribution in [0.15, 0.2) is 0 Å². The van der Waals surface area contributed by atoms with E-state index >= 15 is 0 Å². The van der Waals surface area contributed by atoms with Gasteiger partial charge < -0.3 is 20.1 Å². The first-order chi connectivity index (χ1) is 8.89. The Bertz CT molecular complexity index is 346.